The smallest absolute Gasteiger partial charge is 0.253 e. The van der Waals surface area contributed by atoms with Crippen LogP contribution in [0.3, 0.4) is 0 Å². The summed E-state index contributed by atoms with van der Waals surface area (Å²) in [4.78, 5) is 18.5. The molecule has 0 saturated carbocycles. The van der Waals surface area contributed by atoms with Crippen molar-refractivity contribution in [3.05, 3.63) is 51.6 Å². The number of aryl methyl sites for hydroxylation is 1. The number of morpholine rings is 1. The molecule has 160 valence electrons. The Morgan fingerprint density at radius 2 is 1.97 bits per heavy atom. The molecule has 0 radical (unpaired) electrons. The van der Waals surface area contributed by atoms with Crippen LogP contribution in [0.2, 0.25) is 0 Å². The van der Waals surface area contributed by atoms with Crippen LogP contribution in [0.25, 0.3) is 10.9 Å². The number of ether oxygens (including phenoxy) is 1. The van der Waals surface area contributed by atoms with E-state index in [1.807, 2.05) is 16.8 Å². The number of hydrogen-bond donors (Lipinski definition) is 1. The van der Waals surface area contributed by atoms with Crippen molar-refractivity contribution in [3.8, 4) is 0 Å². The maximum atomic E-state index is 13.2. The van der Waals surface area contributed by atoms with Crippen LogP contribution in [0.5, 0.6) is 0 Å². The fraction of sp³-hybridized carbons (Fsp3) is 0.545. The summed E-state index contributed by atoms with van der Waals surface area (Å²) in [5, 5.41) is 13.7. The third-order valence-corrected chi connectivity index (χ3v) is 6.23. The van der Waals surface area contributed by atoms with Crippen molar-refractivity contribution in [2.45, 2.75) is 52.1 Å². The van der Waals surface area contributed by atoms with Crippen molar-refractivity contribution in [1.82, 2.24) is 30.1 Å². The maximum absolute atomic E-state index is 13.2. The van der Waals surface area contributed by atoms with E-state index in [0.717, 1.165) is 36.8 Å². The summed E-state index contributed by atoms with van der Waals surface area (Å²) in [5.41, 5.74) is 2.38. The third kappa shape index (κ3) is 3.77. The van der Waals surface area contributed by atoms with Crippen LogP contribution in [0.15, 0.2) is 29.1 Å². The molecule has 0 amide bonds. The molecule has 0 spiro atoms. The third-order valence-electron chi connectivity index (χ3n) is 6.23. The van der Waals surface area contributed by atoms with E-state index >= 15 is 0 Å². The Bertz CT molecular complexity index is 1080. The van der Waals surface area contributed by atoms with E-state index in [1.54, 1.807) is 0 Å². The van der Waals surface area contributed by atoms with Gasteiger partial charge in [-0.1, -0.05) is 19.9 Å². The molecule has 1 aliphatic heterocycles. The van der Waals surface area contributed by atoms with E-state index < -0.39 is 0 Å². The Morgan fingerprint density at radius 1 is 1.20 bits per heavy atom. The number of nitrogens with one attached hydrogen (secondary N) is 1. The zero-order chi connectivity index (χ0) is 21.3. The van der Waals surface area contributed by atoms with E-state index in [1.165, 1.54) is 5.56 Å². The van der Waals surface area contributed by atoms with Crippen molar-refractivity contribution in [1.29, 1.82) is 0 Å². The molecule has 3 aromatic rings. The molecule has 1 atom stereocenters. The van der Waals surface area contributed by atoms with Gasteiger partial charge in [-0.3, -0.25) is 9.69 Å². The average molecular weight is 411 g/mol. The van der Waals surface area contributed by atoms with Crippen molar-refractivity contribution < 1.29 is 4.74 Å². The molecule has 8 nitrogen and oxygen atoms in total. The SMILES string of the molecule is CCc1ccc2[nH]c(=O)c([C@H](c3nnnn3C(C)(C)CC)N3CCOCC3)cc2c1. The van der Waals surface area contributed by atoms with Crippen LogP contribution in [-0.4, -0.2) is 56.4 Å². The Labute approximate surface area is 176 Å². The van der Waals surface area contributed by atoms with Gasteiger partial charge >= 0.3 is 0 Å². The van der Waals surface area contributed by atoms with Crippen molar-refractivity contribution >= 4 is 10.9 Å². The number of hydrogen-bond acceptors (Lipinski definition) is 6. The molecule has 0 aliphatic carbocycles. The number of H-pyrrole nitrogens is 1. The summed E-state index contributed by atoms with van der Waals surface area (Å²) in [7, 11) is 0. The lowest BCUT2D eigenvalue weighted by atomic mass is 9.98. The molecule has 8 heteroatoms. The summed E-state index contributed by atoms with van der Waals surface area (Å²) in [5.74, 6) is 0.695. The molecular formula is C22H30N6O2. The number of pyridine rings is 1. The highest BCUT2D eigenvalue weighted by Crippen LogP contribution is 2.31. The molecule has 2 aromatic heterocycles. The second-order valence-corrected chi connectivity index (χ2v) is 8.49. The van der Waals surface area contributed by atoms with E-state index in [-0.39, 0.29) is 17.1 Å². The molecule has 4 rings (SSSR count). The molecule has 1 aromatic carbocycles. The largest absolute Gasteiger partial charge is 0.379 e. The molecule has 3 heterocycles. The Hall–Kier alpha value is -2.58. The van der Waals surface area contributed by atoms with Crippen molar-refractivity contribution in [2.24, 2.45) is 0 Å². The highest BCUT2D eigenvalue weighted by atomic mass is 16.5. The highest BCUT2D eigenvalue weighted by molar-refractivity contribution is 5.80. The Kier molecular flexibility index (Phi) is 5.71. The van der Waals surface area contributed by atoms with Gasteiger partial charge in [0.05, 0.1) is 18.8 Å². The molecular weight excluding hydrogens is 380 g/mol. The average Bonchev–Trinajstić information content (AvgIpc) is 3.25. The molecule has 1 aliphatic rings. The first-order valence-electron chi connectivity index (χ1n) is 10.7. The molecule has 0 unspecified atom stereocenters. The first kappa shape index (κ1) is 20.7. The van der Waals surface area contributed by atoms with Gasteiger partial charge in [0.1, 0.15) is 6.04 Å². The quantitative estimate of drug-likeness (QED) is 0.672. The van der Waals surface area contributed by atoms with E-state index in [0.29, 0.717) is 24.6 Å². The molecule has 30 heavy (non-hydrogen) atoms. The molecule has 1 fully saturated rings. The minimum absolute atomic E-state index is 0.105. The second kappa shape index (κ2) is 8.28. The molecule has 1 saturated heterocycles. The molecule has 1 N–H and O–H groups in total. The van der Waals surface area contributed by atoms with Crippen LogP contribution in [0.4, 0.5) is 0 Å². The summed E-state index contributed by atoms with van der Waals surface area (Å²) in [6.07, 6.45) is 1.81. The highest BCUT2D eigenvalue weighted by Gasteiger charge is 2.34. The summed E-state index contributed by atoms with van der Waals surface area (Å²) in [6, 6.07) is 7.85. The fourth-order valence-electron chi connectivity index (χ4n) is 3.98. The predicted octanol–water partition coefficient (Wildman–Crippen LogP) is 2.64. The van der Waals surface area contributed by atoms with Gasteiger partial charge in [0.15, 0.2) is 5.82 Å². The lowest BCUT2D eigenvalue weighted by Gasteiger charge is -2.35. The lowest BCUT2D eigenvalue weighted by molar-refractivity contribution is 0.0204. The van der Waals surface area contributed by atoms with Gasteiger partial charge in [-0.15, -0.1) is 5.10 Å². The number of benzene rings is 1. The minimum atomic E-state index is -0.340. The standard InChI is InChI=1S/C22H30N6O2/c1-5-15-7-8-18-16(13-15)14-17(21(29)23-18)19(27-9-11-30-12-10-27)20-24-25-26-28(20)22(3,4)6-2/h7-8,13-14,19H,5-6,9-12H2,1-4H3,(H,23,29)/t19-/m1/s1. The zero-order valence-corrected chi connectivity index (χ0v) is 18.2. The van der Waals surface area contributed by atoms with Gasteiger partial charge in [0.2, 0.25) is 0 Å². The van der Waals surface area contributed by atoms with Gasteiger partial charge in [0, 0.05) is 24.2 Å². The summed E-state index contributed by atoms with van der Waals surface area (Å²) < 4.78 is 7.44. The van der Waals surface area contributed by atoms with Gasteiger partial charge in [-0.05, 0) is 66.3 Å². The number of tetrazole rings is 1. The topological polar surface area (TPSA) is 88.9 Å². The normalized spacial score (nSPS) is 16.8. The number of nitrogens with zero attached hydrogens (tertiary/aromatic N) is 5. The van der Waals surface area contributed by atoms with Crippen LogP contribution < -0.4 is 5.56 Å². The van der Waals surface area contributed by atoms with Crippen LogP contribution in [-0.2, 0) is 16.7 Å². The summed E-state index contributed by atoms with van der Waals surface area (Å²) in [6.45, 7) is 11.2. The van der Waals surface area contributed by atoms with Crippen molar-refractivity contribution in [2.75, 3.05) is 26.3 Å². The van der Waals surface area contributed by atoms with Crippen LogP contribution in [0.1, 0.15) is 57.1 Å². The molecule has 0 bridgehead atoms. The second-order valence-electron chi connectivity index (χ2n) is 8.49. The zero-order valence-electron chi connectivity index (χ0n) is 18.2. The van der Waals surface area contributed by atoms with E-state index in [2.05, 4.69) is 65.2 Å². The van der Waals surface area contributed by atoms with Gasteiger partial charge in [-0.25, -0.2) is 4.68 Å². The Morgan fingerprint density at radius 3 is 2.67 bits per heavy atom. The summed E-state index contributed by atoms with van der Waals surface area (Å²) >= 11 is 0. The van der Waals surface area contributed by atoms with Crippen LogP contribution in [0, 0.1) is 0 Å². The van der Waals surface area contributed by atoms with Gasteiger partial charge < -0.3 is 9.72 Å². The Balaban J connectivity index is 1.90. The van der Waals surface area contributed by atoms with Crippen LogP contribution >= 0.6 is 0 Å². The fourth-order valence-corrected chi connectivity index (χ4v) is 3.98. The van der Waals surface area contributed by atoms with E-state index in [9.17, 15) is 4.79 Å². The maximum Gasteiger partial charge on any atom is 0.253 e. The lowest BCUT2D eigenvalue weighted by Crippen LogP contribution is -2.43. The number of aromatic amines is 1. The number of fused-ring (bicyclic) bond motifs is 1. The number of rotatable bonds is 6. The monoisotopic (exact) mass is 410 g/mol. The van der Waals surface area contributed by atoms with E-state index in [4.69, 9.17) is 4.74 Å². The minimum Gasteiger partial charge on any atom is -0.379 e. The van der Waals surface area contributed by atoms with Gasteiger partial charge in [0.25, 0.3) is 5.56 Å². The number of aromatic nitrogens is 5. The predicted molar refractivity (Wildman–Crippen MR) is 116 cm³/mol. The first-order chi connectivity index (χ1) is 14.4. The van der Waals surface area contributed by atoms with Gasteiger partial charge in [-0.2, -0.15) is 0 Å². The first-order valence-corrected chi connectivity index (χ1v) is 10.7. The van der Waals surface area contributed by atoms with Crippen molar-refractivity contribution in [3.63, 3.8) is 0 Å².